The molecule has 1 fully saturated rings. The van der Waals surface area contributed by atoms with Crippen LogP contribution in [0.2, 0.25) is 10.0 Å². The van der Waals surface area contributed by atoms with Crippen LogP contribution in [-0.2, 0) is 10.5 Å². The van der Waals surface area contributed by atoms with Crippen molar-refractivity contribution in [3.63, 3.8) is 0 Å². The first-order chi connectivity index (χ1) is 14.9. The van der Waals surface area contributed by atoms with E-state index in [4.69, 9.17) is 27.9 Å². The van der Waals surface area contributed by atoms with Crippen molar-refractivity contribution in [3.05, 3.63) is 58.1 Å². The minimum absolute atomic E-state index is 0.0509. The minimum Gasteiger partial charge on any atom is -0.372 e. The Morgan fingerprint density at radius 1 is 1.13 bits per heavy atom. The van der Waals surface area contributed by atoms with Gasteiger partial charge < -0.3 is 9.64 Å². The third-order valence-electron chi connectivity index (χ3n) is 4.64. The molecule has 1 aromatic carbocycles. The zero-order chi connectivity index (χ0) is 22.0. The molecule has 4 rings (SSSR count). The predicted octanol–water partition coefficient (Wildman–Crippen LogP) is 3.91. The second-order valence-electron chi connectivity index (χ2n) is 7.21. The van der Waals surface area contributed by atoms with Crippen LogP contribution in [0.1, 0.15) is 30.0 Å². The van der Waals surface area contributed by atoms with Crippen molar-refractivity contribution in [3.8, 4) is 5.69 Å². The van der Waals surface area contributed by atoms with Crippen molar-refractivity contribution in [1.29, 1.82) is 0 Å². The average molecular weight is 479 g/mol. The summed E-state index contributed by atoms with van der Waals surface area (Å²) in [4.78, 5) is 23.6. The van der Waals surface area contributed by atoms with Gasteiger partial charge in [-0.05, 0) is 38.1 Å². The van der Waals surface area contributed by atoms with Crippen molar-refractivity contribution in [2.24, 2.45) is 0 Å². The summed E-state index contributed by atoms with van der Waals surface area (Å²) in [6.07, 6.45) is 3.24. The molecular weight excluding hydrogens is 459 g/mol. The van der Waals surface area contributed by atoms with Crippen molar-refractivity contribution in [2.75, 3.05) is 13.1 Å². The summed E-state index contributed by atoms with van der Waals surface area (Å²) in [5.41, 5.74) is 1.52. The SMILES string of the molecule is CC1CN(C(=O)c2nnn(-c3cc(Cl)cc(Cl)c3)c2CSc2ncccn2)CC(C)O1. The summed E-state index contributed by atoms with van der Waals surface area (Å²) in [7, 11) is 0. The fourth-order valence-electron chi connectivity index (χ4n) is 3.45. The van der Waals surface area contributed by atoms with E-state index < -0.39 is 0 Å². The Morgan fingerprint density at radius 2 is 1.77 bits per heavy atom. The van der Waals surface area contributed by atoms with Crippen LogP contribution in [0, 0.1) is 0 Å². The van der Waals surface area contributed by atoms with Crippen molar-refractivity contribution in [2.45, 2.75) is 37.0 Å². The van der Waals surface area contributed by atoms with E-state index in [0.717, 1.165) is 0 Å². The molecule has 3 heterocycles. The van der Waals surface area contributed by atoms with Gasteiger partial charge in [0.1, 0.15) is 0 Å². The number of rotatable bonds is 5. The zero-order valence-electron chi connectivity index (χ0n) is 16.9. The molecule has 3 aromatic rings. The summed E-state index contributed by atoms with van der Waals surface area (Å²) < 4.78 is 7.35. The first-order valence-corrected chi connectivity index (χ1v) is 11.4. The number of aromatic nitrogens is 5. The third-order valence-corrected chi connectivity index (χ3v) is 5.97. The summed E-state index contributed by atoms with van der Waals surface area (Å²) in [5.74, 6) is 0.198. The van der Waals surface area contributed by atoms with Gasteiger partial charge in [-0.25, -0.2) is 14.6 Å². The maximum Gasteiger partial charge on any atom is 0.276 e. The molecule has 162 valence electrons. The van der Waals surface area contributed by atoms with E-state index in [9.17, 15) is 4.79 Å². The molecule has 11 heteroatoms. The van der Waals surface area contributed by atoms with E-state index >= 15 is 0 Å². The largest absolute Gasteiger partial charge is 0.372 e. The summed E-state index contributed by atoms with van der Waals surface area (Å²) in [6, 6.07) is 6.84. The zero-order valence-corrected chi connectivity index (χ0v) is 19.2. The fourth-order valence-corrected chi connectivity index (χ4v) is 4.76. The second-order valence-corrected chi connectivity index (χ2v) is 9.03. The van der Waals surface area contributed by atoms with Gasteiger partial charge in [-0.15, -0.1) is 5.10 Å². The standard InChI is InChI=1S/C20H20Cl2N6O2S/c1-12-9-27(10-13(2)30-12)19(29)18-17(11-31-20-23-4-3-5-24-20)28(26-25-18)16-7-14(21)6-15(22)8-16/h3-8,12-13H,9-11H2,1-2H3. The lowest BCUT2D eigenvalue weighted by molar-refractivity contribution is -0.0587. The van der Waals surface area contributed by atoms with E-state index in [1.165, 1.54) is 11.8 Å². The first-order valence-electron chi connectivity index (χ1n) is 9.66. The van der Waals surface area contributed by atoms with Gasteiger partial charge in [0, 0.05) is 41.3 Å². The normalized spacial score (nSPS) is 18.9. The Kier molecular flexibility index (Phi) is 6.76. The highest BCUT2D eigenvalue weighted by Crippen LogP contribution is 2.27. The van der Waals surface area contributed by atoms with Crippen molar-refractivity contribution < 1.29 is 9.53 Å². The number of carbonyl (C=O) groups excluding carboxylic acids is 1. The molecule has 0 bridgehead atoms. The maximum atomic E-state index is 13.4. The van der Waals surface area contributed by atoms with Gasteiger partial charge in [-0.1, -0.05) is 40.2 Å². The van der Waals surface area contributed by atoms with Crippen LogP contribution in [0.4, 0.5) is 0 Å². The quantitative estimate of drug-likeness (QED) is 0.405. The number of morpholine rings is 1. The van der Waals surface area contributed by atoms with Crippen LogP contribution in [0.3, 0.4) is 0 Å². The van der Waals surface area contributed by atoms with Crippen LogP contribution in [0.15, 0.2) is 41.8 Å². The fraction of sp³-hybridized carbons (Fsp3) is 0.350. The molecule has 0 radical (unpaired) electrons. The highest BCUT2D eigenvalue weighted by atomic mass is 35.5. The van der Waals surface area contributed by atoms with Crippen LogP contribution in [-0.4, -0.2) is 61.1 Å². The molecular formula is C20H20Cl2N6O2S. The average Bonchev–Trinajstić information content (AvgIpc) is 3.15. The van der Waals surface area contributed by atoms with Crippen molar-refractivity contribution >= 4 is 40.9 Å². The maximum absolute atomic E-state index is 13.4. The van der Waals surface area contributed by atoms with E-state index in [-0.39, 0.29) is 23.8 Å². The topological polar surface area (TPSA) is 86.0 Å². The lowest BCUT2D eigenvalue weighted by atomic mass is 10.2. The molecule has 1 aliphatic rings. The van der Waals surface area contributed by atoms with Gasteiger partial charge in [0.05, 0.1) is 23.6 Å². The summed E-state index contributed by atoms with van der Waals surface area (Å²) in [5, 5.41) is 10.00. The molecule has 1 amide bonds. The Morgan fingerprint density at radius 3 is 2.42 bits per heavy atom. The highest BCUT2D eigenvalue weighted by Gasteiger charge is 2.31. The van der Waals surface area contributed by atoms with E-state index in [1.807, 2.05) is 13.8 Å². The van der Waals surface area contributed by atoms with Gasteiger partial charge >= 0.3 is 0 Å². The molecule has 1 saturated heterocycles. The van der Waals surface area contributed by atoms with Gasteiger partial charge in [0.2, 0.25) is 0 Å². The number of hydrogen-bond donors (Lipinski definition) is 0. The van der Waals surface area contributed by atoms with Crippen LogP contribution in [0.25, 0.3) is 5.69 Å². The Labute approximate surface area is 193 Å². The molecule has 0 spiro atoms. The molecule has 1 aliphatic heterocycles. The number of halogens is 2. The van der Waals surface area contributed by atoms with Crippen LogP contribution in [0.5, 0.6) is 0 Å². The molecule has 0 N–H and O–H groups in total. The number of ether oxygens (including phenoxy) is 1. The summed E-state index contributed by atoms with van der Waals surface area (Å²) in [6.45, 7) is 4.88. The van der Waals surface area contributed by atoms with Gasteiger partial charge in [-0.3, -0.25) is 4.79 Å². The highest BCUT2D eigenvalue weighted by molar-refractivity contribution is 7.98. The number of nitrogens with zero attached hydrogens (tertiary/aromatic N) is 6. The van der Waals surface area contributed by atoms with Crippen molar-refractivity contribution in [1.82, 2.24) is 29.9 Å². The van der Waals surface area contributed by atoms with E-state index in [2.05, 4.69) is 20.3 Å². The monoisotopic (exact) mass is 478 g/mol. The predicted molar refractivity (Wildman–Crippen MR) is 119 cm³/mol. The number of amides is 1. The molecule has 0 aliphatic carbocycles. The number of carbonyl (C=O) groups is 1. The summed E-state index contributed by atoms with van der Waals surface area (Å²) >= 11 is 13.8. The number of hydrogen-bond acceptors (Lipinski definition) is 7. The molecule has 31 heavy (non-hydrogen) atoms. The smallest absolute Gasteiger partial charge is 0.276 e. The lowest BCUT2D eigenvalue weighted by Crippen LogP contribution is -2.48. The molecule has 8 nitrogen and oxygen atoms in total. The first kappa shape index (κ1) is 22.0. The lowest BCUT2D eigenvalue weighted by Gasteiger charge is -2.35. The van der Waals surface area contributed by atoms with Gasteiger partial charge in [0.25, 0.3) is 5.91 Å². The Balaban J connectivity index is 1.70. The molecule has 2 aromatic heterocycles. The molecule has 2 unspecified atom stereocenters. The Bertz CT molecular complexity index is 1050. The van der Waals surface area contributed by atoms with E-state index in [0.29, 0.717) is 45.4 Å². The number of thioether (sulfide) groups is 1. The van der Waals surface area contributed by atoms with Crippen LogP contribution >= 0.6 is 35.0 Å². The molecule has 2 atom stereocenters. The van der Waals surface area contributed by atoms with Crippen LogP contribution < -0.4 is 0 Å². The number of benzene rings is 1. The van der Waals surface area contributed by atoms with Gasteiger partial charge in [0.15, 0.2) is 10.9 Å². The third kappa shape index (κ3) is 5.17. The molecule has 0 saturated carbocycles. The minimum atomic E-state index is -0.189. The van der Waals surface area contributed by atoms with E-state index in [1.54, 1.807) is 46.2 Å². The van der Waals surface area contributed by atoms with Gasteiger partial charge in [-0.2, -0.15) is 0 Å². The Hall–Kier alpha value is -2.20. The second kappa shape index (κ2) is 9.52.